The first-order valence-electron chi connectivity index (χ1n) is 10.4. The number of amides is 1. The van der Waals surface area contributed by atoms with Crippen LogP contribution < -0.4 is 14.8 Å². The molecule has 29 heavy (non-hydrogen) atoms. The number of benzene rings is 2. The van der Waals surface area contributed by atoms with Gasteiger partial charge in [0.1, 0.15) is 11.5 Å². The van der Waals surface area contributed by atoms with Gasteiger partial charge in [0.2, 0.25) is 5.91 Å². The maximum atomic E-state index is 12.8. The summed E-state index contributed by atoms with van der Waals surface area (Å²) in [5.74, 6) is 2.06. The van der Waals surface area contributed by atoms with Crippen molar-refractivity contribution in [1.82, 2.24) is 4.90 Å². The van der Waals surface area contributed by atoms with E-state index in [-0.39, 0.29) is 11.9 Å². The molecule has 3 rings (SSSR count). The van der Waals surface area contributed by atoms with Crippen LogP contribution in [0.1, 0.15) is 31.7 Å². The zero-order chi connectivity index (χ0) is 20.6. The standard InChI is InChI=1S/C24H32N2O3/c1-18(24(27)25-21-15-22(28-2)17-23(16-21)29-3)26-13-11-20(12-14-26)10-9-19-7-5-4-6-8-19/h4-8,15-18,20H,9-14H2,1-3H3,(H,25,27). The van der Waals surface area contributed by atoms with Gasteiger partial charge < -0.3 is 14.8 Å². The Morgan fingerprint density at radius 1 is 1.07 bits per heavy atom. The van der Waals surface area contributed by atoms with Crippen LogP contribution in [0.4, 0.5) is 5.69 Å². The van der Waals surface area contributed by atoms with Crippen molar-refractivity contribution in [3.05, 3.63) is 54.1 Å². The molecule has 1 atom stereocenters. The van der Waals surface area contributed by atoms with Crippen LogP contribution in [0, 0.1) is 5.92 Å². The molecule has 1 heterocycles. The summed E-state index contributed by atoms with van der Waals surface area (Å²) in [7, 11) is 3.20. The fourth-order valence-corrected chi connectivity index (χ4v) is 3.94. The Labute approximate surface area is 174 Å². The van der Waals surface area contributed by atoms with Gasteiger partial charge in [-0.2, -0.15) is 0 Å². The molecule has 2 aromatic rings. The number of nitrogens with one attached hydrogen (secondary N) is 1. The Morgan fingerprint density at radius 2 is 1.69 bits per heavy atom. The molecule has 5 nitrogen and oxygen atoms in total. The minimum absolute atomic E-state index is 0.00282. The lowest BCUT2D eigenvalue weighted by atomic mass is 9.90. The third-order valence-corrected chi connectivity index (χ3v) is 5.88. The number of nitrogens with zero attached hydrogens (tertiary/aromatic N) is 1. The normalized spacial score (nSPS) is 16.2. The van der Waals surface area contributed by atoms with E-state index in [4.69, 9.17) is 9.47 Å². The van der Waals surface area contributed by atoms with Crippen LogP contribution in [-0.2, 0) is 11.2 Å². The summed E-state index contributed by atoms with van der Waals surface area (Å²) in [4.78, 5) is 15.1. The fraction of sp³-hybridized carbons (Fsp3) is 0.458. The van der Waals surface area contributed by atoms with Gasteiger partial charge in [-0.1, -0.05) is 30.3 Å². The molecule has 0 spiro atoms. The quantitative estimate of drug-likeness (QED) is 0.720. The van der Waals surface area contributed by atoms with Crippen molar-refractivity contribution < 1.29 is 14.3 Å². The van der Waals surface area contributed by atoms with Crippen molar-refractivity contribution in [2.24, 2.45) is 5.92 Å². The minimum atomic E-state index is -0.165. The Balaban J connectivity index is 1.48. The number of carbonyl (C=O) groups is 1. The monoisotopic (exact) mass is 396 g/mol. The second kappa shape index (κ2) is 10.3. The number of hydrogen-bond acceptors (Lipinski definition) is 4. The Morgan fingerprint density at radius 3 is 2.28 bits per heavy atom. The van der Waals surface area contributed by atoms with Crippen molar-refractivity contribution in [3.8, 4) is 11.5 Å². The van der Waals surface area contributed by atoms with E-state index < -0.39 is 0 Å². The molecule has 0 radical (unpaired) electrons. The maximum absolute atomic E-state index is 12.8. The summed E-state index contributed by atoms with van der Waals surface area (Å²) < 4.78 is 10.6. The maximum Gasteiger partial charge on any atom is 0.241 e. The van der Waals surface area contributed by atoms with Crippen molar-refractivity contribution in [3.63, 3.8) is 0 Å². The first kappa shape index (κ1) is 21.2. The van der Waals surface area contributed by atoms with Crippen molar-refractivity contribution in [2.45, 2.75) is 38.6 Å². The van der Waals surface area contributed by atoms with Crippen LogP contribution in [0.15, 0.2) is 48.5 Å². The molecule has 0 saturated carbocycles. The Hall–Kier alpha value is -2.53. The summed E-state index contributed by atoms with van der Waals surface area (Å²) in [6, 6.07) is 15.9. The minimum Gasteiger partial charge on any atom is -0.497 e. The molecule has 1 saturated heterocycles. The second-order valence-corrected chi connectivity index (χ2v) is 7.77. The number of anilines is 1. The molecule has 1 N–H and O–H groups in total. The first-order valence-corrected chi connectivity index (χ1v) is 10.4. The van der Waals surface area contributed by atoms with Gasteiger partial charge in [0.05, 0.1) is 20.3 Å². The zero-order valence-electron chi connectivity index (χ0n) is 17.7. The van der Waals surface area contributed by atoms with Gasteiger partial charge in [0, 0.05) is 23.9 Å². The summed E-state index contributed by atoms with van der Waals surface area (Å²) in [6.45, 7) is 3.92. The number of rotatable bonds is 8. The number of piperidine rings is 1. The average Bonchev–Trinajstić information content (AvgIpc) is 2.77. The van der Waals surface area contributed by atoms with Crippen LogP contribution in [0.2, 0.25) is 0 Å². The number of likely N-dealkylation sites (tertiary alicyclic amines) is 1. The highest BCUT2D eigenvalue weighted by Gasteiger charge is 2.26. The average molecular weight is 397 g/mol. The van der Waals surface area contributed by atoms with E-state index in [1.807, 2.05) is 19.1 Å². The SMILES string of the molecule is COc1cc(NC(=O)C(C)N2CCC(CCc3ccccc3)CC2)cc(OC)c1. The van der Waals surface area contributed by atoms with Gasteiger partial charge in [-0.25, -0.2) is 0 Å². The number of hydrogen-bond donors (Lipinski definition) is 1. The van der Waals surface area contributed by atoms with Crippen LogP contribution in [0.3, 0.4) is 0 Å². The van der Waals surface area contributed by atoms with Crippen molar-refractivity contribution in [2.75, 3.05) is 32.6 Å². The van der Waals surface area contributed by atoms with Crippen molar-refractivity contribution >= 4 is 11.6 Å². The van der Waals surface area contributed by atoms with E-state index in [0.717, 1.165) is 38.3 Å². The van der Waals surface area contributed by atoms with E-state index in [1.165, 1.54) is 12.0 Å². The molecule has 156 valence electrons. The predicted octanol–water partition coefficient (Wildman–Crippen LogP) is 4.38. The van der Waals surface area contributed by atoms with Crippen LogP contribution in [-0.4, -0.2) is 44.2 Å². The summed E-state index contributed by atoms with van der Waals surface area (Å²) >= 11 is 0. The molecular formula is C24H32N2O3. The van der Waals surface area contributed by atoms with E-state index in [2.05, 4.69) is 40.5 Å². The van der Waals surface area contributed by atoms with E-state index in [9.17, 15) is 4.79 Å². The molecule has 1 amide bonds. The molecule has 1 aliphatic rings. The highest BCUT2D eigenvalue weighted by atomic mass is 16.5. The van der Waals surface area contributed by atoms with Crippen LogP contribution >= 0.6 is 0 Å². The lowest BCUT2D eigenvalue weighted by Gasteiger charge is -2.35. The predicted molar refractivity (Wildman–Crippen MR) is 117 cm³/mol. The Bertz CT molecular complexity index is 764. The second-order valence-electron chi connectivity index (χ2n) is 7.77. The van der Waals surface area contributed by atoms with Crippen LogP contribution in [0.25, 0.3) is 0 Å². The van der Waals surface area contributed by atoms with Gasteiger partial charge in [-0.15, -0.1) is 0 Å². The number of carbonyl (C=O) groups excluding carboxylic acids is 1. The lowest BCUT2D eigenvalue weighted by molar-refractivity contribution is -0.121. The highest BCUT2D eigenvalue weighted by molar-refractivity contribution is 5.95. The molecular weight excluding hydrogens is 364 g/mol. The number of methoxy groups -OCH3 is 2. The van der Waals surface area contributed by atoms with Gasteiger partial charge >= 0.3 is 0 Å². The fourth-order valence-electron chi connectivity index (χ4n) is 3.94. The van der Waals surface area contributed by atoms with E-state index in [1.54, 1.807) is 20.3 Å². The number of aryl methyl sites for hydroxylation is 1. The molecule has 1 fully saturated rings. The molecule has 0 bridgehead atoms. The summed E-state index contributed by atoms with van der Waals surface area (Å²) in [6.07, 6.45) is 4.66. The molecule has 0 aromatic heterocycles. The van der Waals surface area contributed by atoms with Gasteiger partial charge in [0.25, 0.3) is 0 Å². The smallest absolute Gasteiger partial charge is 0.241 e. The largest absolute Gasteiger partial charge is 0.497 e. The third kappa shape index (κ3) is 5.97. The third-order valence-electron chi connectivity index (χ3n) is 5.88. The topological polar surface area (TPSA) is 50.8 Å². The van der Waals surface area contributed by atoms with Gasteiger partial charge in [-0.3, -0.25) is 9.69 Å². The van der Waals surface area contributed by atoms with E-state index in [0.29, 0.717) is 17.2 Å². The molecule has 1 unspecified atom stereocenters. The molecule has 1 aliphatic heterocycles. The molecule has 0 aliphatic carbocycles. The lowest BCUT2D eigenvalue weighted by Crippen LogP contribution is -2.46. The Kier molecular flexibility index (Phi) is 7.53. The van der Waals surface area contributed by atoms with Gasteiger partial charge in [-0.05, 0) is 57.2 Å². The van der Waals surface area contributed by atoms with Gasteiger partial charge in [0.15, 0.2) is 0 Å². The van der Waals surface area contributed by atoms with E-state index >= 15 is 0 Å². The first-order chi connectivity index (χ1) is 14.1. The van der Waals surface area contributed by atoms with Crippen LogP contribution in [0.5, 0.6) is 11.5 Å². The number of ether oxygens (including phenoxy) is 2. The molecule has 5 heteroatoms. The summed E-state index contributed by atoms with van der Waals surface area (Å²) in [5.41, 5.74) is 2.10. The highest BCUT2D eigenvalue weighted by Crippen LogP contribution is 2.27. The summed E-state index contributed by atoms with van der Waals surface area (Å²) in [5, 5.41) is 3.01. The zero-order valence-corrected chi connectivity index (χ0v) is 17.7. The molecule has 2 aromatic carbocycles. The van der Waals surface area contributed by atoms with Crippen molar-refractivity contribution in [1.29, 1.82) is 0 Å².